The first-order chi connectivity index (χ1) is 5.61. The van der Waals surface area contributed by atoms with E-state index < -0.39 is 0 Å². The maximum Gasteiger partial charge on any atom is 0.00612 e. The van der Waals surface area contributed by atoms with E-state index in [0.29, 0.717) is 12.1 Å². The van der Waals surface area contributed by atoms with Crippen LogP contribution in [0.25, 0.3) is 0 Å². The predicted molar refractivity (Wildman–Crippen MR) is 55.3 cm³/mol. The molecule has 0 fully saturated rings. The fourth-order valence-corrected chi connectivity index (χ4v) is 1.11. The summed E-state index contributed by atoms with van der Waals surface area (Å²) in [4.78, 5) is 2.38. The van der Waals surface area contributed by atoms with Gasteiger partial charge in [0.1, 0.15) is 0 Å². The molecule has 0 bridgehead atoms. The lowest BCUT2D eigenvalue weighted by Gasteiger charge is -2.24. The third-order valence-corrected chi connectivity index (χ3v) is 2.72. The van der Waals surface area contributed by atoms with Gasteiger partial charge in [-0.25, -0.2) is 0 Å². The van der Waals surface area contributed by atoms with Crippen LogP contribution in [0.4, 0.5) is 0 Å². The van der Waals surface area contributed by atoms with Gasteiger partial charge in [0.2, 0.25) is 0 Å². The molecule has 0 saturated heterocycles. The molecule has 0 aromatic carbocycles. The largest absolute Gasteiger partial charge is 0.328 e. The Morgan fingerprint density at radius 2 is 1.83 bits per heavy atom. The minimum absolute atomic E-state index is 0.386. The molecule has 2 heteroatoms. The van der Waals surface area contributed by atoms with Crippen molar-refractivity contribution in [2.24, 2.45) is 5.73 Å². The summed E-state index contributed by atoms with van der Waals surface area (Å²) in [7, 11) is 2.18. The molecule has 0 amide bonds. The maximum atomic E-state index is 5.84. The average Bonchev–Trinajstić information content (AvgIpc) is 2.11. The number of hydrogen-bond acceptors (Lipinski definition) is 2. The molecular formula is C10H24N2. The molecule has 74 valence electrons. The summed E-state index contributed by atoms with van der Waals surface area (Å²) in [6.07, 6.45) is 3.43. The van der Waals surface area contributed by atoms with Crippen molar-refractivity contribution in [3.8, 4) is 0 Å². The first-order valence-electron chi connectivity index (χ1n) is 5.07. The highest BCUT2D eigenvalue weighted by Gasteiger charge is 2.07. The van der Waals surface area contributed by atoms with E-state index in [0.717, 1.165) is 19.4 Å². The van der Waals surface area contributed by atoms with Crippen LogP contribution in [-0.4, -0.2) is 30.6 Å². The molecule has 2 N–H and O–H groups in total. The predicted octanol–water partition coefficient (Wildman–Crippen LogP) is 1.84. The van der Waals surface area contributed by atoms with Crippen molar-refractivity contribution in [1.29, 1.82) is 0 Å². The number of rotatable bonds is 6. The molecule has 0 radical (unpaired) electrons. The van der Waals surface area contributed by atoms with Gasteiger partial charge in [-0.3, -0.25) is 0 Å². The van der Waals surface area contributed by atoms with Crippen LogP contribution < -0.4 is 5.73 Å². The van der Waals surface area contributed by atoms with Crippen LogP contribution >= 0.6 is 0 Å². The van der Waals surface area contributed by atoms with Crippen molar-refractivity contribution in [3.05, 3.63) is 0 Å². The summed E-state index contributed by atoms with van der Waals surface area (Å²) in [5, 5.41) is 0. The molecule has 0 heterocycles. The minimum Gasteiger partial charge on any atom is -0.328 e. The Kier molecular flexibility index (Phi) is 6.39. The van der Waals surface area contributed by atoms with E-state index in [2.05, 4.69) is 32.7 Å². The summed E-state index contributed by atoms with van der Waals surface area (Å²) in [6, 6.07) is 1.07. The zero-order valence-electron chi connectivity index (χ0n) is 9.01. The van der Waals surface area contributed by atoms with Crippen LogP contribution in [0.1, 0.15) is 40.0 Å². The fourth-order valence-electron chi connectivity index (χ4n) is 1.11. The van der Waals surface area contributed by atoms with E-state index in [1.165, 1.54) is 6.42 Å². The Morgan fingerprint density at radius 3 is 2.25 bits per heavy atom. The van der Waals surface area contributed by atoms with Crippen LogP contribution in [-0.2, 0) is 0 Å². The molecule has 0 aliphatic heterocycles. The smallest absolute Gasteiger partial charge is 0.00612 e. The lowest BCUT2D eigenvalue weighted by atomic mass is 10.1. The van der Waals surface area contributed by atoms with Gasteiger partial charge in [-0.05, 0) is 39.8 Å². The van der Waals surface area contributed by atoms with Gasteiger partial charge in [0.15, 0.2) is 0 Å². The van der Waals surface area contributed by atoms with Gasteiger partial charge in [0, 0.05) is 12.1 Å². The van der Waals surface area contributed by atoms with E-state index in [9.17, 15) is 0 Å². The molecule has 0 aromatic rings. The van der Waals surface area contributed by atoms with E-state index >= 15 is 0 Å². The molecule has 0 spiro atoms. The molecule has 0 aromatic heterocycles. The Labute approximate surface area is 77.1 Å². The third kappa shape index (κ3) is 4.73. The van der Waals surface area contributed by atoms with Crippen molar-refractivity contribution in [1.82, 2.24) is 4.90 Å². The average molecular weight is 172 g/mol. The van der Waals surface area contributed by atoms with Gasteiger partial charge >= 0.3 is 0 Å². The summed E-state index contributed by atoms with van der Waals surface area (Å²) in [6.45, 7) is 7.76. The van der Waals surface area contributed by atoms with Crippen LogP contribution in [0.2, 0.25) is 0 Å². The van der Waals surface area contributed by atoms with Crippen molar-refractivity contribution >= 4 is 0 Å². The van der Waals surface area contributed by atoms with Crippen molar-refractivity contribution in [2.45, 2.75) is 52.1 Å². The molecule has 2 unspecified atom stereocenters. The molecule has 12 heavy (non-hydrogen) atoms. The summed E-state index contributed by atoms with van der Waals surface area (Å²) >= 11 is 0. The molecule has 0 saturated carbocycles. The van der Waals surface area contributed by atoms with Crippen LogP contribution in [0.3, 0.4) is 0 Å². The number of nitrogens with two attached hydrogens (primary N) is 1. The fraction of sp³-hybridized carbons (Fsp3) is 1.00. The molecular weight excluding hydrogens is 148 g/mol. The third-order valence-electron chi connectivity index (χ3n) is 2.72. The van der Waals surface area contributed by atoms with E-state index in [4.69, 9.17) is 5.73 Å². The highest BCUT2D eigenvalue weighted by atomic mass is 15.1. The maximum absolute atomic E-state index is 5.84. The van der Waals surface area contributed by atoms with Gasteiger partial charge in [-0.1, -0.05) is 13.8 Å². The van der Waals surface area contributed by atoms with Crippen molar-refractivity contribution in [2.75, 3.05) is 13.6 Å². The molecule has 0 aliphatic rings. The summed E-state index contributed by atoms with van der Waals surface area (Å²) in [5.41, 5.74) is 5.84. The van der Waals surface area contributed by atoms with E-state index in [-0.39, 0.29) is 0 Å². The quantitative estimate of drug-likeness (QED) is 0.662. The minimum atomic E-state index is 0.386. The molecule has 0 aliphatic carbocycles. The lowest BCUT2D eigenvalue weighted by Crippen LogP contribution is -2.33. The van der Waals surface area contributed by atoms with E-state index in [1.54, 1.807) is 0 Å². The Hall–Kier alpha value is -0.0800. The summed E-state index contributed by atoms with van der Waals surface area (Å²) < 4.78 is 0. The monoisotopic (exact) mass is 172 g/mol. The summed E-state index contributed by atoms with van der Waals surface area (Å²) in [5.74, 6) is 0. The Bertz CT molecular complexity index is 104. The van der Waals surface area contributed by atoms with Gasteiger partial charge < -0.3 is 10.6 Å². The van der Waals surface area contributed by atoms with Gasteiger partial charge in [-0.15, -0.1) is 0 Å². The highest BCUT2D eigenvalue weighted by molar-refractivity contribution is 4.65. The van der Waals surface area contributed by atoms with Gasteiger partial charge in [0.25, 0.3) is 0 Å². The molecule has 0 rings (SSSR count). The van der Waals surface area contributed by atoms with Crippen LogP contribution in [0, 0.1) is 0 Å². The normalized spacial score (nSPS) is 16.5. The lowest BCUT2D eigenvalue weighted by molar-refractivity contribution is 0.242. The Balaban J connectivity index is 3.49. The van der Waals surface area contributed by atoms with Crippen LogP contribution in [0.5, 0.6) is 0 Å². The second-order valence-electron chi connectivity index (χ2n) is 3.69. The van der Waals surface area contributed by atoms with Crippen molar-refractivity contribution in [3.63, 3.8) is 0 Å². The standard InChI is InChI=1S/C10H24N2/c1-5-9(3)12(4)8-7-10(11)6-2/h9-10H,5-8,11H2,1-4H3. The van der Waals surface area contributed by atoms with Crippen LogP contribution in [0.15, 0.2) is 0 Å². The first-order valence-corrected chi connectivity index (χ1v) is 5.07. The highest BCUT2D eigenvalue weighted by Crippen LogP contribution is 2.02. The van der Waals surface area contributed by atoms with Crippen molar-refractivity contribution < 1.29 is 0 Å². The van der Waals surface area contributed by atoms with Gasteiger partial charge in [-0.2, -0.15) is 0 Å². The second-order valence-corrected chi connectivity index (χ2v) is 3.69. The van der Waals surface area contributed by atoms with Gasteiger partial charge in [0.05, 0.1) is 0 Å². The Morgan fingerprint density at radius 1 is 1.25 bits per heavy atom. The zero-order valence-corrected chi connectivity index (χ0v) is 9.01. The molecule has 2 atom stereocenters. The number of nitrogens with zero attached hydrogens (tertiary/aromatic N) is 1. The molecule has 2 nitrogen and oxygen atoms in total. The zero-order chi connectivity index (χ0) is 9.56. The SMILES string of the molecule is CCC(N)CCN(C)C(C)CC. The first kappa shape index (κ1) is 11.9. The van der Waals surface area contributed by atoms with E-state index in [1.807, 2.05) is 0 Å². The second kappa shape index (κ2) is 6.44. The number of hydrogen-bond donors (Lipinski definition) is 1. The topological polar surface area (TPSA) is 29.3 Å².